The molecule has 5 rings (SSSR count). The summed E-state index contributed by atoms with van der Waals surface area (Å²) in [7, 11) is -2.81. The number of sulfonamides is 1. The highest BCUT2D eigenvalue weighted by Gasteiger charge is 2.29. The molecule has 4 aromatic carbocycles. The van der Waals surface area contributed by atoms with Crippen molar-refractivity contribution >= 4 is 49.1 Å². The highest BCUT2D eigenvalue weighted by atomic mass is 32.2. The Labute approximate surface area is 220 Å². The summed E-state index contributed by atoms with van der Waals surface area (Å²) in [6, 6.07) is 24.8. The van der Waals surface area contributed by atoms with Gasteiger partial charge in [0.05, 0.1) is 17.7 Å². The number of nitrogens with zero attached hydrogens (tertiary/aromatic N) is 2. The third kappa shape index (κ3) is 4.56. The fraction of sp³-hybridized carbons (Fsp3) is 0.138. The first kappa shape index (κ1) is 25.3. The van der Waals surface area contributed by atoms with E-state index < -0.39 is 28.3 Å². The number of rotatable bonds is 8. The Hall–Kier alpha value is -4.37. The van der Waals surface area contributed by atoms with Crippen LogP contribution in [0.15, 0.2) is 95.9 Å². The number of para-hydroxylation sites is 2. The Kier molecular flexibility index (Phi) is 6.77. The van der Waals surface area contributed by atoms with Crippen molar-refractivity contribution < 1.29 is 22.3 Å². The van der Waals surface area contributed by atoms with E-state index in [1.54, 1.807) is 6.07 Å². The van der Waals surface area contributed by atoms with Crippen LogP contribution in [0, 0.1) is 5.82 Å². The molecule has 0 fully saturated rings. The van der Waals surface area contributed by atoms with Crippen LogP contribution < -0.4 is 14.4 Å². The van der Waals surface area contributed by atoms with Gasteiger partial charge in [0.2, 0.25) is 5.91 Å². The second-order valence-corrected chi connectivity index (χ2v) is 10.5. The lowest BCUT2D eigenvalue weighted by Crippen LogP contribution is -2.38. The Balaban J connectivity index is 1.48. The molecule has 0 atom stereocenters. The quantitative estimate of drug-likeness (QED) is 0.275. The van der Waals surface area contributed by atoms with E-state index in [0.29, 0.717) is 11.4 Å². The normalized spacial score (nSPS) is 11.6. The number of hydrogen-bond acceptors (Lipinski definition) is 4. The molecule has 38 heavy (non-hydrogen) atoms. The molecule has 0 aliphatic heterocycles. The lowest BCUT2D eigenvalue weighted by molar-refractivity contribution is -0.114. The molecule has 1 aromatic heterocycles. The minimum atomic E-state index is -4.28. The van der Waals surface area contributed by atoms with Crippen molar-refractivity contribution in [2.45, 2.75) is 18.4 Å². The van der Waals surface area contributed by atoms with Gasteiger partial charge < -0.3 is 14.6 Å². The van der Waals surface area contributed by atoms with Gasteiger partial charge in [-0.15, -0.1) is 0 Å². The Morgan fingerprint density at radius 1 is 0.921 bits per heavy atom. The molecule has 5 aromatic rings. The van der Waals surface area contributed by atoms with Gasteiger partial charge in [-0.3, -0.25) is 9.10 Å². The molecule has 0 spiro atoms. The van der Waals surface area contributed by atoms with Gasteiger partial charge >= 0.3 is 0 Å². The van der Waals surface area contributed by atoms with Crippen molar-refractivity contribution in [2.75, 3.05) is 23.3 Å². The molecule has 0 aliphatic rings. The summed E-state index contributed by atoms with van der Waals surface area (Å²) in [5.41, 5.74) is 2.41. The van der Waals surface area contributed by atoms with Crippen molar-refractivity contribution in [3.63, 3.8) is 0 Å². The summed E-state index contributed by atoms with van der Waals surface area (Å²) < 4.78 is 50.0. The van der Waals surface area contributed by atoms with E-state index in [-0.39, 0.29) is 10.6 Å². The smallest absolute Gasteiger partial charge is 0.264 e. The Bertz CT molecular complexity index is 1750. The fourth-order valence-electron chi connectivity index (χ4n) is 4.63. The van der Waals surface area contributed by atoms with E-state index in [1.807, 2.05) is 36.4 Å². The molecule has 7 nitrogen and oxygen atoms in total. The lowest BCUT2D eigenvalue weighted by atomic mass is 10.1. The number of aryl methyl sites for hydroxylation is 1. The number of carbonyl (C=O) groups is 1. The number of amides is 1. The van der Waals surface area contributed by atoms with Crippen molar-refractivity contribution in [3.05, 3.63) is 96.8 Å². The van der Waals surface area contributed by atoms with Crippen molar-refractivity contribution in [3.8, 4) is 5.75 Å². The maximum Gasteiger partial charge on any atom is 0.264 e. The van der Waals surface area contributed by atoms with E-state index in [4.69, 9.17) is 4.74 Å². The zero-order valence-corrected chi connectivity index (χ0v) is 21.7. The largest absolute Gasteiger partial charge is 0.497 e. The average Bonchev–Trinajstić information content (AvgIpc) is 3.25. The predicted octanol–water partition coefficient (Wildman–Crippen LogP) is 5.80. The van der Waals surface area contributed by atoms with E-state index in [1.165, 1.54) is 49.6 Å². The number of carbonyl (C=O) groups excluding carboxylic acids is 1. The summed E-state index contributed by atoms with van der Waals surface area (Å²) in [6.07, 6.45) is 0. The van der Waals surface area contributed by atoms with Gasteiger partial charge in [-0.2, -0.15) is 0 Å². The highest BCUT2D eigenvalue weighted by Crippen LogP contribution is 2.31. The molecule has 1 N–H and O–H groups in total. The van der Waals surface area contributed by atoms with Crippen LogP contribution in [0.2, 0.25) is 0 Å². The van der Waals surface area contributed by atoms with E-state index >= 15 is 0 Å². The molecule has 0 saturated carbocycles. The number of fused-ring (bicyclic) bond motifs is 3. The summed E-state index contributed by atoms with van der Waals surface area (Å²) in [5, 5.41) is 4.81. The molecular weight excluding hydrogens is 505 g/mol. The number of anilines is 2. The number of ether oxygens (including phenoxy) is 1. The lowest BCUT2D eigenvalue weighted by Gasteiger charge is -2.24. The van der Waals surface area contributed by atoms with Crippen LogP contribution in [-0.2, 0) is 21.4 Å². The number of aromatic nitrogens is 1. The van der Waals surface area contributed by atoms with Gasteiger partial charge in [0.1, 0.15) is 18.1 Å². The van der Waals surface area contributed by atoms with E-state index in [0.717, 1.165) is 38.7 Å². The molecule has 0 unspecified atom stereocenters. The van der Waals surface area contributed by atoms with Crippen LogP contribution in [0.5, 0.6) is 5.75 Å². The number of methoxy groups -OCH3 is 1. The topological polar surface area (TPSA) is 80.6 Å². The summed E-state index contributed by atoms with van der Waals surface area (Å²) >= 11 is 0. The zero-order valence-electron chi connectivity index (χ0n) is 20.9. The third-order valence-electron chi connectivity index (χ3n) is 6.43. The predicted molar refractivity (Wildman–Crippen MR) is 148 cm³/mol. The van der Waals surface area contributed by atoms with Gasteiger partial charge in [-0.25, -0.2) is 12.8 Å². The maximum atomic E-state index is 14.8. The second-order valence-electron chi connectivity index (χ2n) is 8.68. The van der Waals surface area contributed by atoms with Crippen molar-refractivity contribution in [2.24, 2.45) is 0 Å². The number of nitrogens with one attached hydrogen (secondary N) is 1. The fourth-order valence-corrected chi connectivity index (χ4v) is 6.06. The maximum absolute atomic E-state index is 14.8. The Morgan fingerprint density at radius 2 is 1.61 bits per heavy atom. The first-order chi connectivity index (χ1) is 18.3. The van der Waals surface area contributed by atoms with E-state index in [2.05, 4.69) is 16.8 Å². The molecule has 194 valence electrons. The van der Waals surface area contributed by atoms with Gasteiger partial charge in [-0.1, -0.05) is 30.3 Å². The first-order valence-corrected chi connectivity index (χ1v) is 13.5. The number of halogens is 1. The van der Waals surface area contributed by atoms with Gasteiger partial charge in [0.25, 0.3) is 10.0 Å². The van der Waals surface area contributed by atoms with Crippen LogP contribution in [0.4, 0.5) is 15.8 Å². The second kappa shape index (κ2) is 10.2. The van der Waals surface area contributed by atoms with Gasteiger partial charge in [-0.05, 0) is 67.6 Å². The first-order valence-electron chi connectivity index (χ1n) is 12.1. The minimum absolute atomic E-state index is 0.0943. The van der Waals surface area contributed by atoms with Crippen LogP contribution in [0.25, 0.3) is 21.8 Å². The summed E-state index contributed by atoms with van der Waals surface area (Å²) in [4.78, 5) is 13.1. The van der Waals surface area contributed by atoms with Crippen molar-refractivity contribution in [1.29, 1.82) is 0 Å². The zero-order chi connectivity index (χ0) is 26.9. The van der Waals surface area contributed by atoms with Gasteiger partial charge in [0, 0.05) is 34.0 Å². The molecule has 0 bridgehead atoms. The molecule has 1 amide bonds. The highest BCUT2D eigenvalue weighted by molar-refractivity contribution is 7.92. The molecule has 0 radical (unpaired) electrons. The van der Waals surface area contributed by atoms with Crippen LogP contribution in [-0.4, -0.2) is 32.5 Å². The molecular formula is C29H26FN3O4S. The summed E-state index contributed by atoms with van der Waals surface area (Å²) in [6.45, 7) is 2.24. The standard InChI is InChI=1S/C29H26FN3O4S/c1-3-32-26-10-6-4-8-23(26)24-18-20(12-17-27(24)32)31-29(34)19-33(28-11-7-5-9-25(28)30)38(35,36)22-15-13-21(37-2)14-16-22/h4-18H,3,19H2,1-2H3,(H,31,34). The van der Waals surface area contributed by atoms with E-state index in [9.17, 15) is 17.6 Å². The minimum Gasteiger partial charge on any atom is -0.497 e. The monoisotopic (exact) mass is 531 g/mol. The van der Waals surface area contributed by atoms with Gasteiger partial charge in [0.15, 0.2) is 0 Å². The summed E-state index contributed by atoms with van der Waals surface area (Å²) in [5.74, 6) is -0.894. The molecule has 1 heterocycles. The van der Waals surface area contributed by atoms with Crippen molar-refractivity contribution in [1.82, 2.24) is 4.57 Å². The SMILES string of the molecule is CCn1c2ccccc2c2cc(NC(=O)CN(c3ccccc3F)S(=O)(=O)c3ccc(OC)cc3)ccc21. The molecule has 9 heteroatoms. The van der Waals surface area contributed by atoms with Crippen LogP contribution in [0.1, 0.15) is 6.92 Å². The number of hydrogen-bond donors (Lipinski definition) is 1. The van der Waals surface area contributed by atoms with Crippen LogP contribution in [0.3, 0.4) is 0 Å². The van der Waals surface area contributed by atoms with Crippen LogP contribution >= 0.6 is 0 Å². The number of benzene rings is 4. The Morgan fingerprint density at radius 3 is 2.32 bits per heavy atom. The molecule has 0 aliphatic carbocycles. The average molecular weight is 532 g/mol. The molecule has 0 saturated heterocycles. The third-order valence-corrected chi connectivity index (χ3v) is 8.20.